The monoisotopic (exact) mass is 337 g/mol. The summed E-state index contributed by atoms with van der Waals surface area (Å²) in [5.74, 6) is 0.196. The van der Waals surface area contributed by atoms with Crippen molar-refractivity contribution in [2.75, 3.05) is 11.0 Å². The summed E-state index contributed by atoms with van der Waals surface area (Å²) in [5.41, 5.74) is 1.48. The Morgan fingerprint density at radius 2 is 2.04 bits per heavy atom. The lowest BCUT2D eigenvalue weighted by atomic mass is 10.1. The van der Waals surface area contributed by atoms with E-state index in [9.17, 15) is 13.2 Å². The summed E-state index contributed by atoms with van der Waals surface area (Å²) in [5, 5.41) is 6.46. The zero-order valence-corrected chi connectivity index (χ0v) is 14.0. The Kier molecular flexibility index (Phi) is 5.05. The van der Waals surface area contributed by atoms with Crippen LogP contribution in [0.5, 0.6) is 0 Å². The number of carbonyl (C=O) groups excluding carboxylic acids is 1. The number of hydrogen-bond donors (Lipinski definition) is 2. The van der Waals surface area contributed by atoms with E-state index in [4.69, 9.17) is 4.52 Å². The maximum Gasteiger partial charge on any atom is 0.256 e. The highest BCUT2D eigenvalue weighted by atomic mass is 32.2. The molecule has 23 heavy (non-hydrogen) atoms. The lowest BCUT2D eigenvalue weighted by molar-refractivity contribution is 0.0938. The molecule has 0 aliphatic rings. The summed E-state index contributed by atoms with van der Waals surface area (Å²) in [4.78, 5) is 12.3. The topological polar surface area (TPSA) is 101 Å². The van der Waals surface area contributed by atoms with E-state index in [1.165, 1.54) is 6.20 Å². The van der Waals surface area contributed by atoms with E-state index in [2.05, 4.69) is 15.2 Å². The van der Waals surface area contributed by atoms with Gasteiger partial charge in [0.25, 0.3) is 5.91 Å². The largest absolute Gasteiger partial charge is 0.361 e. The highest BCUT2D eigenvalue weighted by molar-refractivity contribution is 7.92. The summed E-state index contributed by atoms with van der Waals surface area (Å²) in [6, 6.07) is 6.51. The molecule has 1 aromatic carbocycles. The Morgan fingerprint density at radius 3 is 2.70 bits per heavy atom. The summed E-state index contributed by atoms with van der Waals surface area (Å²) < 4.78 is 30.4. The number of sulfonamides is 1. The Morgan fingerprint density at radius 1 is 1.35 bits per heavy atom. The molecule has 0 aliphatic heterocycles. The minimum atomic E-state index is -3.40. The van der Waals surface area contributed by atoms with Crippen molar-refractivity contribution in [3.05, 3.63) is 47.3 Å². The first-order valence-corrected chi connectivity index (χ1v) is 9.02. The van der Waals surface area contributed by atoms with Crippen molar-refractivity contribution in [1.29, 1.82) is 0 Å². The fourth-order valence-electron chi connectivity index (χ4n) is 2.22. The molecule has 2 N–H and O–H groups in total. The van der Waals surface area contributed by atoms with Gasteiger partial charge in [0, 0.05) is 6.42 Å². The second-order valence-electron chi connectivity index (χ2n) is 5.17. The molecule has 2 aromatic rings. The van der Waals surface area contributed by atoms with Crippen LogP contribution in [0.3, 0.4) is 0 Å². The standard InChI is InChI=1S/C15H19N3O4S/c1-4-14-12(9-16-22-14)15(19)17-10(2)11-7-5-6-8-13(11)18-23(3,20)21/h5-10,18H,4H2,1-3H3,(H,17,19)/t10-/m1/s1. The predicted octanol–water partition coefficient (Wildman–Crippen LogP) is 2.10. The number of carbonyl (C=O) groups is 1. The fourth-order valence-corrected chi connectivity index (χ4v) is 2.81. The number of anilines is 1. The minimum Gasteiger partial charge on any atom is -0.361 e. The van der Waals surface area contributed by atoms with E-state index in [1.54, 1.807) is 31.2 Å². The third-order valence-corrected chi connectivity index (χ3v) is 3.87. The molecule has 2 rings (SSSR count). The van der Waals surface area contributed by atoms with Crippen LogP contribution in [0, 0.1) is 0 Å². The molecule has 1 atom stereocenters. The number of hydrogen-bond acceptors (Lipinski definition) is 5. The zero-order chi connectivity index (χ0) is 17.0. The van der Waals surface area contributed by atoms with Crippen molar-refractivity contribution in [3.8, 4) is 0 Å². The average Bonchev–Trinajstić information content (AvgIpc) is 2.94. The highest BCUT2D eigenvalue weighted by Gasteiger charge is 2.19. The number of nitrogens with zero attached hydrogens (tertiary/aromatic N) is 1. The third-order valence-electron chi connectivity index (χ3n) is 3.28. The smallest absolute Gasteiger partial charge is 0.256 e. The molecule has 0 unspecified atom stereocenters. The molecule has 0 saturated carbocycles. The summed E-state index contributed by atoms with van der Waals surface area (Å²) in [7, 11) is -3.40. The van der Waals surface area contributed by atoms with E-state index in [-0.39, 0.29) is 5.91 Å². The molecule has 1 heterocycles. The summed E-state index contributed by atoms with van der Waals surface area (Å²) in [6.45, 7) is 3.64. The van der Waals surface area contributed by atoms with Crippen molar-refractivity contribution in [1.82, 2.24) is 10.5 Å². The van der Waals surface area contributed by atoms with E-state index >= 15 is 0 Å². The maximum atomic E-state index is 12.3. The highest BCUT2D eigenvalue weighted by Crippen LogP contribution is 2.24. The van der Waals surface area contributed by atoms with Gasteiger partial charge in [0.15, 0.2) is 0 Å². The van der Waals surface area contributed by atoms with Crippen LogP contribution < -0.4 is 10.0 Å². The van der Waals surface area contributed by atoms with E-state index in [0.29, 0.717) is 29.0 Å². The number of rotatable bonds is 6. The van der Waals surface area contributed by atoms with Gasteiger partial charge in [0.05, 0.1) is 24.2 Å². The van der Waals surface area contributed by atoms with Crippen molar-refractivity contribution in [3.63, 3.8) is 0 Å². The fraction of sp³-hybridized carbons (Fsp3) is 0.333. The van der Waals surface area contributed by atoms with Crippen molar-refractivity contribution in [2.24, 2.45) is 0 Å². The van der Waals surface area contributed by atoms with Crippen molar-refractivity contribution in [2.45, 2.75) is 26.3 Å². The number of benzene rings is 1. The number of amides is 1. The molecule has 7 nitrogen and oxygen atoms in total. The van der Waals surface area contributed by atoms with Crippen molar-refractivity contribution < 1.29 is 17.7 Å². The molecular weight excluding hydrogens is 318 g/mol. The molecule has 124 valence electrons. The number of aromatic nitrogens is 1. The Balaban J connectivity index is 2.21. The van der Waals surface area contributed by atoms with Crippen LogP contribution in [-0.4, -0.2) is 25.7 Å². The maximum absolute atomic E-state index is 12.3. The number of nitrogens with one attached hydrogen (secondary N) is 2. The quantitative estimate of drug-likeness (QED) is 0.840. The van der Waals surface area contributed by atoms with Gasteiger partial charge in [-0.3, -0.25) is 9.52 Å². The molecule has 1 aromatic heterocycles. The van der Waals surface area contributed by atoms with Crippen LogP contribution in [0.4, 0.5) is 5.69 Å². The van der Waals surface area contributed by atoms with Crippen LogP contribution in [0.2, 0.25) is 0 Å². The lowest BCUT2D eigenvalue weighted by Gasteiger charge is -2.18. The molecule has 8 heteroatoms. The third kappa shape index (κ3) is 4.32. The summed E-state index contributed by atoms with van der Waals surface area (Å²) >= 11 is 0. The van der Waals surface area contributed by atoms with Crippen LogP contribution >= 0.6 is 0 Å². The molecule has 0 aliphatic carbocycles. The Labute approximate surface area is 135 Å². The molecular formula is C15H19N3O4S. The van der Waals surface area contributed by atoms with Gasteiger partial charge in [0.1, 0.15) is 11.3 Å². The normalized spacial score (nSPS) is 12.7. The predicted molar refractivity (Wildman–Crippen MR) is 86.7 cm³/mol. The SMILES string of the molecule is CCc1oncc1C(=O)N[C@H](C)c1ccccc1NS(C)(=O)=O. The van der Waals surface area contributed by atoms with E-state index < -0.39 is 16.1 Å². The van der Waals surface area contributed by atoms with Gasteiger partial charge in [-0.15, -0.1) is 0 Å². The molecule has 0 spiro atoms. The molecule has 1 amide bonds. The first-order chi connectivity index (χ1) is 10.8. The van der Waals surface area contributed by atoms with E-state index in [0.717, 1.165) is 6.26 Å². The molecule has 0 saturated heterocycles. The molecule has 0 bridgehead atoms. The van der Waals surface area contributed by atoms with Crippen LogP contribution in [0.25, 0.3) is 0 Å². The van der Waals surface area contributed by atoms with Crippen LogP contribution in [-0.2, 0) is 16.4 Å². The summed E-state index contributed by atoms with van der Waals surface area (Å²) in [6.07, 6.45) is 3.02. The van der Waals surface area contributed by atoms with Gasteiger partial charge in [0.2, 0.25) is 10.0 Å². The van der Waals surface area contributed by atoms with Crippen molar-refractivity contribution >= 4 is 21.6 Å². The molecule has 0 fully saturated rings. The van der Waals surface area contributed by atoms with Crippen LogP contribution in [0.15, 0.2) is 35.0 Å². The van der Waals surface area contributed by atoms with Crippen LogP contribution in [0.1, 0.15) is 41.6 Å². The van der Waals surface area contributed by atoms with Gasteiger partial charge in [-0.2, -0.15) is 0 Å². The zero-order valence-electron chi connectivity index (χ0n) is 13.2. The second-order valence-corrected chi connectivity index (χ2v) is 6.92. The second kappa shape index (κ2) is 6.82. The van der Waals surface area contributed by atoms with Gasteiger partial charge < -0.3 is 9.84 Å². The average molecular weight is 337 g/mol. The van der Waals surface area contributed by atoms with Gasteiger partial charge >= 0.3 is 0 Å². The van der Waals surface area contributed by atoms with Gasteiger partial charge in [-0.25, -0.2) is 8.42 Å². The Bertz CT molecular complexity index is 799. The van der Waals surface area contributed by atoms with Gasteiger partial charge in [-0.1, -0.05) is 30.3 Å². The Hall–Kier alpha value is -2.35. The molecule has 0 radical (unpaired) electrons. The first-order valence-electron chi connectivity index (χ1n) is 7.13. The van der Waals surface area contributed by atoms with E-state index in [1.807, 2.05) is 6.92 Å². The van der Waals surface area contributed by atoms with Gasteiger partial charge in [-0.05, 0) is 18.6 Å². The minimum absolute atomic E-state index is 0.315. The first kappa shape index (κ1) is 17.0. The number of para-hydroxylation sites is 1. The number of aryl methyl sites for hydroxylation is 1. The lowest BCUT2D eigenvalue weighted by Crippen LogP contribution is -2.28.